The lowest BCUT2D eigenvalue weighted by molar-refractivity contribution is -0.136. The molecule has 1 spiro atoms. The molecule has 7 nitrogen and oxygen atoms in total. The minimum atomic E-state index is 0.00244. The summed E-state index contributed by atoms with van der Waals surface area (Å²) in [4.78, 5) is 21.3. The van der Waals surface area contributed by atoms with Crippen molar-refractivity contribution in [3.63, 3.8) is 0 Å². The third-order valence-electron chi connectivity index (χ3n) is 8.51. The molecule has 0 radical (unpaired) electrons. The van der Waals surface area contributed by atoms with Gasteiger partial charge in [0.1, 0.15) is 17.5 Å². The molecule has 1 aromatic carbocycles. The van der Waals surface area contributed by atoms with Gasteiger partial charge in [-0.3, -0.25) is 9.89 Å². The zero-order valence-electron chi connectivity index (χ0n) is 19.3. The molecule has 7 heteroatoms. The average molecular weight is 451 g/mol. The van der Waals surface area contributed by atoms with Crippen LogP contribution in [0.5, 0.6) is 0 Å². The summed E-state index contributed by atoms with van der Waals surface area (Å²) in [6, 6.07) is 6.76. The maximum Gasteiger partial charge on any atom is 0.245 e. The Morgan fingerprint density at radius 3 is 2.97 bits per heavy atom. The minimum absolute atomic E-state index is 0.00244. The Hall–Kier alpha value is -3.66. The topological polar surface area (TPSA) is 88.9 Å². The van der Waals surface area contributed by atoms with Gasteiger partial charge in [-0.1, -0.05) is 12.6 Å². The van der Waals surface area contributed by atoms with Crippen LogP contribution in [0.15, 0.2) is 31.0 Å². The molecule has 1 saturated carbocycles. The van der Waals surface area contributed by atoms with Crippen molar-refractivity contribution in [2.24, 2.45) is 11.3 Å². The van der Waals surface area contributed by atoms with Gasteiger partial charge in [0, 0.05) is 48.2 Å². The second kappa shape index (κ2) is 6.69. The van der Waals surface area contributed by atoms with Crippen LogP contribution in [-0.2, 0) is 11.2 Å². The molecule has 4 aliphatic rings. The number of carbonyl (C=O) groups is 1. The Kier molecular flexibility index (Phi) is 3.89. The van der Waals surface area contributed by atoms with Crippen LogP contribution in [0.1, 0.15) is 41.1 Å². The van der Waals surface area contributed by atoms with E-state index in [1.54, 1.807) is 0 Å². The zero-order valence-corrected chi connectivity index (χ0v) is 19.3. The van der Waals surface area contributed by atoms with E-state index in [2.05, 4.69) is 46.8 Å². The van der Waals surface area contributed by atoms with Crippen LogP contribution in [0.2, 0.25) is 0 Å². The molecule has 0 bridgehead atoms. The normalized spacial score (nSPS) is 23.5. The fourth-order valence-corrected chi connectivity index (χ4v) is 6.74. The van der Waals surface area contributed by atoms with E-state index in [1.807, 2.05) is 11.1 Å². The number of aryl methyl sites for hydroxylation is 1. The summed E-state index contributed by atoms with van der Waals surface area (Å²) < 4.78 is 0. The van der Waals surface area contributed by atoms with Crippen molar-refractivity contribution in [3.8, 4) is 17.2 Å². The lowest BCUT2D eigenvalue weighted by Gasteiger charge is -2.47. The number of nitrogens with zero attached hydrogens (tertiary/aromatic N) is 5. The molecule has 7 rings (SSSR count). The number of nitriles is 1. The fraction of sp³-hybridized carbons (Fsp3) is 0.407. The minimum Gasteiger partial charge on any atom is -0.355 e. The standard InChI is InChI=1S/C27H26N6O/c1-3-22(34)33-13-27(14-33)6-7-32(12-27)26-18(10-28)25(24-17-8-16(17)9-21(24)30-26)23-15(2)4-5-20-19(23)11-29-31-20/h3-5,11,16-17H,1,6-9,12-14H2,2H3,(H,29,31). The largest absolute Gasteiger partial charge is 0.355 e. The van der Waals surface area contributed by atoms with Crippen molar-refractivity contribution in [3.05, 3.63) is 53.4 Å². The highest BCUT2D eigenvalue weighted by Gasteiger charge is 2.51. The molecular formula is C27H26N6O. The van der Waals surface area contributed by atoms with E-state index in [-0.39, 0.29) is 11.3 Å². The van der Waals surface area contributed by atoms with Gasteiger partial charge < -0.3 is 9.80 Å². The van der Waals surface area contributed by atoms with Crippen molar-refractivity contribution in [1.82, 2.24) is 20.1 Å². The number of rotatable bonds is 3. The number of pyridine rings is 1. The molecular weight excluding hydrogens is 424 g/mol. The van der Waals surface area contributed by atoms with Crippen molar-refractivity contribution in [2.75, 3.05) is 31.1 Å². The van der Waals surface area contributed by atoms with Gasteiger partial charge in [0.25, 0.3) is 0 Å². The van der Waals surface area contributed by atoms with E-state index in [9.17, 15) is 10.1 Å². The molecule has 2 saturated heterocycles. The number of aromatic amines is 1. The van der Waals surface area contributed by atoms with Crippen LogP contribution in [0.3, 0.4) is 0 Å². The molecule has 2 aliphatic carbocycles. The van der Waals surface area contributed by atoms with E-state index >= 15 is 0 Å². The number of amides is 1. The van der Waals surface area contributed by atoms with Crippen LogP contribution in [0.4, 0.5) is 5.82 Å². The molecule has 170 valence electrons. The first-order valence-electron chi connectivity index (χ1n) is 12.1. The van der Waals surface area contributed by atoms with Gasteiger partial charge in [0.15, 0.2) is 0 Å². The Morgan fingerprint density at radius 2 is 2.18 bits per heavy atom. The van der Waals surface area contributed by atoms with Gasteiger partial charge in [-0.2, -0.15) is 10.4 Å². The molecule has 4 heterocycles. The fourth-order valence-electron chi connectivity index (χ4n) is 6.74. The Labute approximate surface area is 198 Å². The highest BCUT2D eigenvalue weighted by atomic mass is 16.2. The highest BCUT2D eigenvalue weighted by Crippen LogP contribution is 2.60. The molecule has 1 N–H and O–H groups in total. The number of H-pyrrole nitrogens is 1. The first kappa shape index (κ1) is 19.8. The SMILES string of the molecule is C=CC(=O)N1CC2(CCN(c3nc4c(c(-c5c(C)ccc6[nH]ncc56)c3C#N)C3CC3C4)C2)C1. The van der Waals surface area contributed by atoms with E-state index in [0.29, 0.717) is 17.4 Å². The smallest absolute Gasteiger partial charge is 0.245 e. The average Bonchev–Trinajstić information content (AvgIpc) is 3.19. The number of carbonyl (C=O) groups excluding carboxylic acids is 1. The number of benzene rings is 1. The lowest BCUT2D eigenvalue weighted by Crippen LogP contribution is -2.59. The van der Waals surface area contributed by atoms with Crippen molar-refractivity contribution >= 4 is 22.6 Å². The van der Waals surface area contributed by atoms with Crippen LogP contribution >= 0.6 is 0 Å². The molecule has 2 unspecified atom stereocenters. The van der Waals surface area contributed by atoms with Gasteiger partial charge in [-0.05, 0) is 66.9 Å². The first-order chi connectivity index (χ1) is 16.5. The summed E-state index contributed by atoms with van der Waals surface area (Å²) in [5.74, 6) is 2.02. The number of fused-ring (bicyclic) bond motifs is 4. The van der Waals surface area contributed by atoms with Crippen LogP contribution < -0.4 is 4.90 Å². The predicted octanol–water partition coefficient (Wildman–Crippen LogP) is 3.69. The molecule has 3 fully saturated rings. The van der Waals surface area contributed by atoms with Gasteiger partial charge in [0.2, 0.25) is 5.91 Å². The molecule has 34 heavy (non-hydrogen) atoms. The van der Waals surface area contributed by atoms with Crippen LogP contribution in [0, 0.1) is 29.6 Å². The summed E-state index contributed by atoms with van der Waals surface area (Å²) in [5.41, 5.74) is 7.59. The Bertz CT molecular complexity index is 1440. The zero-order chi connectivity index (χ0) is 23.2. The highest BCUT2D eigenvalue weighted by molar-refractivity contribution is 6.00. The lowest BCUT2D eigenvalue weighted by atomic mass is 9.79. The summed E-state index contributed by atoms with van der Waals surface area (Å²) in [6.07, 6.45) is 6.49. The van der Waals surface area contributed by atoms with Crippen molar-refractivity contribution < 1.29 is 4.79 Å². The summed E-state index contributed by atoms with van der Waals surface area (Å²) in [6.45, 7) is 8.94. The number of nitrogens with one attached hydrogen (secondary N) is 1. The Balaban J connectivity index is 1.36. The van der Waals surface area contributed by atoms with E-state index in [1.165, 1.54) is 23.8 Å². The molecule has 3 aromatic rings. The van der Waals surface area contributed by atoms with Gasteiger partial charge >= 0.3 is 0 Å². The Morgan fingerprint density at radius 1 is 1.32 bits per heavy atom. The van der Waals surface area contributed by atoms with Gasteiger partial charge in [-0.15, -0.1) is 0 Å². The summed E-state index contributed by atoms with van der Waals surface area (Å²) in [7, 11) is 0. The second-order valence-corrected chi connectivity index (χ2v) is 10.6. The third kappa shape index (κ3) is 2.60. The molecule has 2 aliphatic heterocycles. The molecule has 2 atom stereocenters. The van der Waals surface area contributed by atoms with Crippen molar-refractivity contribution in [2.45, 2.75) is 32.1 Å². The summed E-state index contributed by atoms with van der Waals surface area (Å²) in [5, 5.41) is 19.0. The van der Waals surface area contributed by atoms with E-state index < -0.39 is 0 Å². The summed E-state index contributed by atoms with van der Waals surface area (Å²) >= 11 is 0. The number of hydrogen-bond donors (Lipinski definition) is 1. The van der Waals surface area contributed by atoms with Gasteiger partial charge in [-0.25, -0.2) is 4.98 Å². The monoisotopic (exact) mass is 450 g/mol. The maximum absolute atomic E-state index is 12.0. The molecule has 1 amide bonds. The number of hydrogen-bond acceptors (Lipinski definition) is 5. The van der Waals surface area contributed by atoms with E-state index in [0.717, 1.165) is 72.4 Å². The second-order valence-electron chi connectivity index (χ2n) is 10.6. The van der Waals surface area contributed by atoms with Crippen molar-refractivity contribution in [1.29, 1.82) is 5.26 Å². The first-order valence-corrected chi connectivity index (χ1v) is 12.1. The number of likely N-dealkylation sites (tertiary alicyclic amines) is 1. The molecule has 2 aromatic heterocycles. The van der Waals surface area contributed by atoms with E-state index in [4.69, 9.17) is 4.98 Å². The van der Waals surface area contributed by atoms with Gasteiger partial charge in [0.05, 0.1) is 11.7 Å². The number of anilines is 1. The quantitative estimate of drug-likeness (QED) is 0.615. The maximum atomic E-state index is 12.0. The van der Waals surface area contributed by atoms with Crippen LogP contribution in [0.25, 0.3) is 22.0 Å². The number of aromatic nitrogens is 3. The van der Waals surface area contributed by atoms with Crippen LogP contribution in [-0.4, -0.2) is 52.2 Å². The third-order valence-corrected chi connectivity index (χ3v) is 8.51. The predicted molar refractivity (Wildman–Crippen MR) is 129 cm³/mol.